The van der Waals surface area contributed by atoms with Crippen LogP contribution in [0.4, 0.5) is 0 Å². The Labute approximate surface area is 104 Å². The first kappa shape index (κ1) is 14.4. The first-order chi connectivity index (χ1) is 8.02. The highest BCUT2D eigenvalue weighted by Gasteiger charge is 2.39. The van der Waals surface area contributed by atoms with E-state index in [1.807, 2.05) is 0 Å². The van der Waals surface area contributed by atoms with Crippen molar-refractivity contribution in [3.8, 4) is 0 Å². The van der Waals surface area contributed by atoms with Crippen LogP contribution < -0.4 is 11.1 Å². The minimum Gasteiger partial charge on any atom is -0.385 e. The number of nitrogens with zero attached hydrogens (tertiary/aromatic N) is 1. The second kappa shape index (κ2) is 6.33. The summed E-state index contributed by atoms with van der Waals surface area (Å²) in [6, 6.07) is -0.464. The number of methoxy groups -OCH3 is 1. The van der Waals surface area contributed by atoms with Crippen LogP contribution in [0.3, 0.4) is 0 Å². The van der Waals surface area contributed by atoms with Gasteiger partial charge in [-0.3, -0.25) is 4.79 Å². The van der Waals surface area contributed by atoms with E-state index in [2.05, 4.69) is 24.3 Å². The zero-order valence-electron chi connectivity index (χ0n) is 11.2. The Kier molecular flexibility index (Phi) is 5.36. The number of nitrogens with two attached hydrogens (primary N) is 1. The van der Waals surface area contributed by atoms with Crippen LogP contribution >= 0.6 is 0 Å². The van der Waals surface area contributed by atoms with Gasteiger partial charge in [0.15, 0.2) is 0 Å². The van der Waals surface area contributed by atoms with Crippen LogP contribution in [-0.4, -0.2) is 56.7 Å². The Morgan fingerprint density at radius 3 is 2.59 bits per heavy atom. The lowest BCUT2D eigenvalue weighted by atomic mass is 9.75. The molecule has 1 amide bonds. The van der Waals surface area contributed by atoms with Crippen molar-refractivity contribution in [2.24, 2.45) is 5.73 Å². The smallest absolute Gasteiger partial charge is 0.237 e. The Morgan fingerprint density at radius 1 is 1.53 bits per heavy atom. The quantitative estimate of drug-likeness (QED) is 0.658. The zero-order chi connectivity index (χ0) is 12.9. The molecule has 0 radical (unpaired) electrons. The molecule has 0 aromatic heterocycles. The third-order valence-corrected chi connectivity index (χ3v) is 3.79. The van der Waals surface area contributed by atoms with Crippen molar-refractivity contribution in [2.75, 3.05) is 34.4 Å². The molecule has 1 saturated carbocycles. The SMILES string of the molecule is COCCC(N)C(=O)NCC1(N(C)C)CCC1. The third-order valence-electron chi connectivity index (χ3n) is 3.79. The molecule has 100 valence electrons. The molecule has 1 rings (SSSR count). The lowest BCUT2D eigenvalue weighted by Gasteiger charge is -2.47. The number of likely N-dealkylation sites (N-methyl/N-ethyl adjacent to an activating group) is 1. The largest absolute Gasteiger partial charge is 0.385 e. The predicted molar refractivity (Wildman–Crippen MR) is 67.7 cm³/mol. The van der Waals surface area contributed by atoms with Crippen LogP contribution in [0.15, 0.2) is 0 Å². The van der Waals surface area contributed by atoms with E-state index in [1.165, 1.54) is 6.42 Å². The number of rotatable bonds is 7. The van der Waals surface area contributed by atoms with Crippen molar-refractivity contribution in [2.45, 2.75) is 37.3 Å². The highest BCUT2D eigenvalue weighted by Crippen LogP contribution is 2.35. The van der Waals surface area contributed by atoms with Crippen molar-refractivity contribution in [1.82, 2.24) is 10.2 Å². The Bertz CT molecular complexity index is 252. The van der Waals surface area contributed by atoms with Crippen molar-refractivity contribution >= 4 is 5.91 Å². The predicted octanol–water partition coefficient (Wildman–Crippen LogP) is -0.0493. The lowest BCUT2D eigenvalue weighted by Crippen LogP contribution is -2.58. The Balaban J connectivity index is 2.31. The second-order valence-electron chi connectivity index (χ2n) is 5.08. The van der Waals surface area contributed by atoms with Crippen LogP contribution in [0.2, 0.25) is 0 Å². The molecule has 17 heavy (non-hydrogen) atoms. The highest BCUT2D eigenvalue weighted by molar-refractivity contribution is 5.81. The Hall–Kier alpha value is -0.650. The molecule has 0 aromatic carbocycles. The number of amides is 1. The summed E-state index contributed by atoms with van der Waals surface area (Å²) < 4.78 is 4.91. The molecule has 0 saturated heterocycles. The minimum atomic E-state index is -0.464. The molecular formula is C12H25N3O2. The van der Waals surface area contributed by atoms with Gasteiger partial charge in [-0.05, 0) is 39.8 Å². The van der Waals surface area contributed by atoms with Crippen LogP contribution in [-0.2, 0) is 9.53 Å². The van der Waals surface area contributed by atoms with Crippen LogP contribution in [0.25, 0.3) is 0 Å². The van der Waals surface area contributed by atoms with Gasteiger partial charge in [0.25, 0.3) is 0 Å². The Morgan fingerprint density at radius 2 is 2.18 bits per heavy atom. The normalized spacial score (nSPS) is 19.8. The molecule has 0 spiro atoms. The van der Waals surface area contributed by atoms with E-state index in [0.29, 0.717) is 19.6 Å². The molecule has 0 aliphatic heterocycles. The van der Waals surface area contributed by atoms with E-state index in [-0.39, 0.29) is 11.4 Å². The van der Waals surface area contributed by atoms with Crippen LogP contribution in [0.5, 0.6) is 0 Å². The van der Waals surface area contributed by atoms with Gasteiger partial charge in [0.1, 0.15) is 0 Å². The maximum absolute atomic E-state index is 11.7. The molecule has 1 aliphatic rings. The van der Waals surface area contributed by atoms with E-state index < -0.39 is 6.04 Å². The van der Waals surface area contributed by atoms with Crippen molar-refractivity contribution in [3.63, 3.8) is 0 Å². The third kappa shape index (κ3) is 3.66. The fourth-order valence-corrected chi connectivity index (χ4v) is 2.13. The van der Waals surface area contributed by atoms with Gasteiger partial charge in [0.2, 0.25) is 5.91 Å². The van der Waals surface area contributed by atoms with Crippen molar-refractivity contribution in [3.05, 3.63) is 0 Å². The summed E-state index contributed by atoms with van der Waals surface area (Å²) >= 11 is 0. The summed E-state index contributed by atoms with van der Waals surface area (Å²) in [6.07, 6.45) is 4.10. The molecule has 0 bridgehead atoms. The summed E-state index contributed by atoms with van der Waals surface area (Å²) in [5.74, 6) is -0.0739. The molecule has 5 nitrogen and oxygen atoms in total. The summed E-state index contributed by atoms with van der Waals surface area (Å²) in [4.78, 5) is 14.0. The number of hydrogen-bond acceptors (Lipinski definition) is 4. The number of ether oxygens (including phenoxy) is 1. The number of carbonyl (C=O) groups is 1. The van der Waals surface area contributed by atoms with Gasteiger partial charge in [0.05, 0.1) is 6.04 Å². The highest BCUT2D eigenvalue weighted by atomic mass is 16.5. The van der Waals surface area contributed by atoms with E-state index in [1.54, 1.807) is 7.11 Å². The molecule has 0 aromatic rings. The van der Waals surface area contributed by atoms with Crippen molar-refractivity contribution in [1.29, 1.82) is 0 Å². The molecule has 1 fully saturated rings. The first-order valence-electron chi connectivity index (χ1n) is 6.21. The van der Waals surface area contributed by atoms with Gasteiger partial charge in [-0.1, -0.05) is 0 Å². The number of nitrogens with one attached hydrogen (secondary N) is 1. The molecule has 5 heteroatoms. The molecular weight excluding hydrogens is 218 g/mol. The van der Waals surface area contributed by atoms with Gasteiger partial charge in [-0.2, -0.15) is 0 Å². The molecule has 3 N–H and O–H groups in total. The molecule has 1 unspecified atom stereocenters. The van der Waals surface area contributed by atoms with E-state index >= 15 is 0 Å². The molecule has 1 atom stereocenters. The fraction of sp³-hybridized carbons (Fsp3) is 0.917. The fourth-order valence-electron chi connectivity index (χ4n) is 2.13. The van der Waals surface area contributed by atoms with Gasteiger partial charge >= 0.3 is 0 Å². The van der Waals surface area contributed by atoms with E-state index in [4.69, 9.17) is 10.5 Å². The van der Waals surface area contributed by atoms with Gasteiger partial charge in [0, 0.05) is 25.8 Å². The minimum absolute atomic E-state index is 0.0739. The first-order valence-corrected chi connectivity index (χ1v) is 6.21. The standard InChI is InChI=1S/C12H25N3O2/c1-15(2)12(6-4-7-12)9-14-11(16)10(13)5-8-17-3/h10H,4-9,13H2,1-3H3,(H,14,16). The summed E-state index contributed by atoms with van der Waals surface area (Å²) in [5, 5.41) is 2.95. The second-order valence-corrected chi connectivity index (χ2v) is 5.08. The van der Waals surface area contributed by atoms with Crippen LogP contribution in [0, 0.1) is 0 Å². The van der Waals surface area contributed by atoms with Gasteiger partial charge in [-0.15, -0.1) is 0 Å². The number of carbonyl (C=O) groups excluding carboxylic acids is 1. The zero-order valence-corrected chi connectivity index (χ0v) is 11.2. The summed E-state index contributed by atoms with van der Waals surface area (Å²) in [7, 11) is 5.74. The van der Waals surface area contributed by atoms with Crippen molar-refractivity contribution < 1.29 is 9.53 Å². The maximum atomic E-state index is 11.7. The topological polar surface area (TPSA) is 67.6 Å². The van der Waals surface area contributed by atoms with Crippen LogP contribution in [0.1, 0.15) is 25.7 Å². The molecule has 0 heterocycles. The van der Waals surface area contributed by atoms with Gasteiger partial charge < -0.3 is 20.7 Å². The van der Waals surface area contributed by atoms with E-state index in [0.717, 1.165) is 12.8 Å². The average molecular weight is 243 g/mol. The lowest BCUT2D eigenvalue weighted by molar-refractivity contribution is -0.123. The van der Waals surface area contributed by atoms with E-state index in [9.17, 15) is 4.79 Å². The number of hydrogen-bond donors (Lipinski definition) is 2. The monoisotopic (exact) mass is 243 g/mol. The summed E-state index contributed by atoms with van der Waals surface area (Å²) in [6.45, 7) is 1.22. The summed E-state index contributed by atoms with van der Waals surface area (Å²) in [5.41, 5.74) is 5.91. The molecule has 1 aliphatic carbocycles. The van der Waals surface area contributed by atoms with Gasteiger partial charge in [-0.25, -0.2) is 0 Å². The average Bonchev–Trinajstić information content (AvgIpc) is 2.23. The maximum Gasteiger partial charge on any atom is 0.237 e.